The van der Waals surface area contributed by atoms with Crippen LogP contribution in [0.1, 0.15) is 12.8 Å². The van der Waals surface area contributed by atoms with E-state index in [1.807, 2.05) is 18.0 Å². The Morgan fingerprint density at radius 3 is 3.00 bits per heavy atom. The molecule has 1 heterocycles. The van der Waals surface area contributed by atoms with E-state index in [2.05, 4.69) is 29.2 Å². The van der Waals surface area contributed by atoms with Crippen molar-refractivity contribution in [3.8, 4) is 0 Å². The summed E-state index contributed by atoms with van der Waals surface area (Å²) >= 11 is 2.01. The second-order valence-corrected chi connectivity index (χ2v) is 4.92. The average Bonchev–Trinajstić information content (AvgIpc) is 2.83. The quantitative estimate of drug-likeness (QED) is 0.765. The van der Waals surface area contributed by atoms with Crippen LogP contribution in [0.3, 0.4) is 0 Å². The molecule has 1 aliphatic carbocycles. The number of hydrogen-bond acceptors (Lipinski definition) is 1. The maximum Gasteiger partial charge on any atom is 0.0454 e. The lowest BCUT2D eigenvalue weighted by molar-refractivity contribution is 1.43. The van der Waals surface area contributed by atoms with Gasteiger partial charge < -0.3 is 4.98 Å². The molecule has 0 unspecified atom stereocenters. The lowest BCUT2D eigenvalue weighted by Gasteiger charge is -1.98. The second kappa shape index (κ2) is 2.81. The van der Waals surface area contributed by atoms with Crippen LogP contribution in [0.5, 0.6) is 0 Å². The Morgan fingerprint density at radius 1 is 1.23 bits per heavy atom. The summed E-state index contributed by atoms with van der Waals surface area (Å²) in [4.78, 5) is 4.62. The minimum atomic E-state index is 0.899. The maximum atomic E-state index is 3.21. The molecule has 1 N–H and O–H groups in total. The van der Waals surface area contributed by atoms with Crippen LogP contribution >= 0.6 is 11.8 Å². The fourth-order valence-electron chi connectivity index (χ4n) is 1.48. The third-order valence-electron chi connectivity index (χ3n) is 2.35. The summed E-state index contributed by atoms with van der Waals surface area (Å²) < 4.78 is 0. The molecule has 0 atom stereocenters. The Bertz CT molecular complexity index is 428. The third kappa shape index (κ3) is 1.46. The summed E-state index contributed by atoms with van der Waals surface area (Å²) in [5, 5.41) is 2.22. The van der Waals surface area contributed by atoms with Gasteiger partial charge in [0, 0.05) is 27.2 Å². The van der Waals surface area contributed by atoms with Gasteiger partial charge in [-0.3, -0.25) is 0 Å². The molecule has 0 aliphatic heterocycles. The van der Waals surface area contributed by atoms with Gasteiger partial charge in [-0.1, -0.05) is 0 Å². The normalized spacial score (nSPS) is 16.6. The van der Waals surface area contributed by atoms with E-state index < -0.39 is 0 Å². The Hall–Kier alpha value is -0.890. The van der Waals surface area contributed by atoms with Crippen molar-refractivity contribution in [1.29, 1.82) is 0 Å². The highest BCUT2D eigenvalue weighted by Gasteiger charge is 2.22. The summed E-state index contributed by atoms with van der Waals surface area (Å²) in [6.07, 6.45) is 4.79. The number of aromatic nitrogens is 1. The summed E-state index contributed by atoms with van der Waals surface area (Å²) in [6.45, 7) is 0. The highest BCUT2D eigenvalue weighted by Crippen LogP contribution is 2.39. The molecule has 0 bridgehead atoms. The molecule has 0 radical (unpaired) electrons. The molecule has 1 saturated carbocycles. The monoisotopic (exact) mass is 189 g/mol. The average molecular weight is 189 g/mol. The van der Waals surface area contributed by atoms with Crippen molar-refractivity contribution >= 4 is 22.7 Å². The molecule has 1 nitrogen and oxygen atoms in total. The molecule has 13 heavy (non-hydrogen) atoms. The summed E-state index contributed by atoms with van der Waals surface area (Å²) in [6, 6.07) is 8.78. The molecule has 1 fully saturated rings. The molecule has 0 spiro atoms. The first kappa shape index (κ1) is 7.51. The van der Waals surface area contributed by atoms with Gasteiger partial charge in [0.2, 0.25) is 0 Å². The van der Waals surface area contributed by atoms with Crippen LogP contribution in [0.2, 0.25) is 0 Å². The minimum Gasteiger partial charge on any atom is -0.361 e. The van der Waals surface area contributed by atoms with Gasteiger partial charge in [0.1, 0.15) is 0 Å². The number of aromatic amines is 1. The van der Waals surface area contributed by atoms with Crippen molar-refractivity contribution < 1.29 is 0 Å². The maximum absolute atomic E-state index is 3.21. The van der Waals surface area contributed by atoms with E-state index in [0.29, 0.717) is 0 Å². The van der Waals surface area contributed by atoms with Gasteiger partial charge in [0.05, 0.1) is 0 Å². The van der Waals surface area contributed by atoms with E-state index in [0.717, 1.165) is 5.25 Å². The van der Waals surface area contributed by atoms with Crippen LogP contribution in [-0.2, 0) is 0 Å². The van der Waals surface area contributed by atoms with E-state index in [4.69, 9.17) is 0 Å². The second-order valence-electron chi connectivity index (χ2n) is 3.54. The molecule has 2 heteroatoms. The Labute approximate surface area is 81.5 Å². The molecule has 0 amide bonds. The molecule has 0 saturated heterocycles. The fraction of sp³-hybridized carbons (Fsp3) is 0.273. The summed E-state index contributed by atoms with van der Waals surface area (Å²) in [5.74, 6) is 0. The molecule has 2 aromatic rings. The zero-order valence-electron chi connectivity index (χ0n) is 7.29. The molecule has 3 rings (SSSR count). The first-order chi connectivity index (χ1) is 6.42. The van der Waals surface area contributed by atoms with E-state index in [9.17, 15) is 0 Å². The van der Waals surface area contributed by atoms with E-state index in [1.54, 1.807) is 0 Å². The van der Waals surface area contributed by atoms with Crippen molar-refractivity contribution in [3.63, 3.8) is 0 Å². The van der Waals surface area contributed by atoms with Crippen LogP contribution in [-0.4, -0.2) is 10.2 Å². The zero-order valence-corrected chi connectivity index (χ0v) is 8.10. The van der Waals surface area contributed by atoms with Gasteiger partial charge in [-0.05, 0) is 37.1 Å². The number of H-pyrrole nitrogens is 1. The highest BCUT2D eigenvalue weighted by atomic mass is 32.2. The summed E-state index contributed by atoms with van der Waals surface area (Å²) in [5.41, 5.74) is 1.24. The van der Waals surface area contributed by atoms with Crippen LogP contribution in [0.25, 0.3) is 10.9 Å². The SMILES string of the molecule is c1cc2cc(SC3CC3)ccc2[nH]1. The van der Waals surface area contributed by atoms with Crippen LogP contribution in [0, 0.1) is 0 Å². The van der Waals surface area contributed by atoms with Crippen molar-refractivity contribution in [3.05, 3.63) is 30.5 Å². The van der Waals surface area contributed by atoms with Crippen LogP contribution < -0.4 is 0 Å². The van der Waals surface area contributed by atoms with Gasteiger partial charge in [-0.25, -0.2) is 0 Å². The predicted octanol–water partition coefficient (Wildman–Crippen LogP) is 3.42. The van der Waals surface area contributed by atoms with Gasteiger partial charge in [0.15, 0.2) is 0 Å². The highest BCUT2D eigenvalue weighted by molar-refractivity contribution is 8.00. The Balaban J connectivity index is 1.99. The topological polar surface area (TPSA) is 15.8 Å². The van der Waals surface area contributed by atoms with Crippen LogP contribution in [0.15, 0.2) is 35.4 Å². The minimum absolute atomic E-state index is 0.899. The predicted molar refractivity (Wildman–Crippen MR) is 57.2 cm³/mol. The molecule has 1 aromatic carbocycles. The van der Waals surface area contributed by atoms with Gasteiger partial charge in [-0.15, -0.1) is 11.8 Å². The first-order valence-corrected chi connectivity index (χ1v) is 5.53. The van der Waals surface area contributed by atoms with Crippen molar-refractivity contribution in [2.75, 3.05) is 0 Å². The van der Waals surface area contributed by atoms with Crippen molar-refractivity contribution in [1.82, 2.24) is 4.98 Å². The van der Waals surface area contributed by atoms with Gasteiger partial charge in [-0.2, -0.15) is 0 Å². The lowest BCUT2D eigenvalue weighted by Crippen LogP contribution is -1.75. The standard InChI is InChI=1S/C11H11NS/c1-2-9(1)13-10-3-4-11-8(7-10)5-6-12-11/h3-7,9,12H,1-2H2. The molecule has 66 valence electrons. The van der Waals surface area contributed by atoms with Gasteiger partial charge in [0.25, 0.3) is 0 Å². The smallest absolute Gasteiger partial charge is 0.0454 e. The largest absolute Gasteiger partial charge is 0.361 e. The number of hydrogen-bond donors (Lipinski definition) is 1. The third-order valence-corrected chi connectivity index (χ3v) is 3.68. The van der Waals surface area contributed by atoms with E-state index in [-0.39, 0.29) is 0 Å². The number of thioether (sulfide) groups is 1. The number of nitrogens with one attached hydrogen (secondary N) is 1. The number of fused-ring (bicyclic) bond motifs is 1. The Kier molecular flexibility index (Phi) is 1.62. The molecular formula is C11H11NS. The Morgan fingerprint density at radius 2 is 2.15 bits per heavy atom. The van der Waals surface area contributed by atoms with E-state index >= 15 is 0 Å². The van der Waals surface area contributed by atoms with E-state index in [1.165, 1.54) is 28.6 Å². The molecule has 1 aromatic heterocycles. The van der Waals surface area contributed by atoms with Gasteiger partial charge >= 0.3 is 0 Å². The zero-order chi connectivity index (χ0) is 8.67. The number of rotatable bonds is 2. The molecular weight excluding hydrogens is 178 g/mol. The lowest BCUT2D eigenvalue weighted by atomic mass is 10.2. The van der Waals surface area contributed by atoms with Crippen molar-refractivity contribution in [2.24, 2.45) is 0 Å². The fourth-order valence-corrected chi connectivity index (χ4v) is 2.58. The summed E-state index contributed by atoms with van der Waals surface area (Å²) in [7, 11) is 0. The first-order valence-electron chi connectivity index (χ1n) is 4.66. The molecule has 1 aliphatic rings. The number of benzene rings is 1. The van der Waals surface area contributed by atoms with Crippen LogP contribution in [0.4, 0.5) is 0 Å². The van der Waals surface area contributed by atoms with Crippen molar-refractivity contribution in [2.45, 2.75) is 23.0 Å².